The topological polar surface area (TPSA) is 84.7 Å². The van der Waals surface area contributed by atoms with Gasteiger partial charge in [0.1, 0.15) is 5.82 Å². The van der Waals surface area contributed by atoms with E-state index in [-0.39, 0.29) is 10.6 Å². The van der Waals surface area contributed by atoms with Crippen molar-refractivity contribution in [2.75, 3.05) is 7.05 Å². The molecule has 1 aliphatic rings. The van der Waals surface area contributed by atoms with Gasteiger partial charge < -0.3 is 4.74 Å². The number of halogens is 5. The smallest absolute Gasteiger partial charge is 0.404 e. The number of amides is 1. The first-order chi connectivity index (χ1) is 16.4. The molecule has 1 aliphatic heterocycles. The summed E-state index contributed by atoms with van der Waals surface area (Å²) >= 11 is 5.91. The van der Waals surface area contributed by atoms with Gasteiger partial charge in [0.05, 0.1) is 5.02 Å². The van der Waals surface area contributed by atoms with Crippen LogP contribution in [0.2, 0.25) is 5.02 Å². The van der Waals surface area contributed by atoms with Crippen molar-refractivity contribution in [3.05, 3.63) is 94.8 Å². The summed E-state index contributed by atoms with van der Waals surface area (Å²) < 4.78 is 57.0. The van der Waals surface area contributed by atoms with Crippen molar-refractivity contribution in [3.8, 4) is 11.1 Å². The minimum Gasteiger partial charge on any atom is -0.404 e. The summed E-state index contributed by atoms with van der Waals surface area (Å²) in [5, 5.41) is 2.53. The van der Waals surface area contributed by atoms with Gasteiger partial charge >= 0.3 is 18.1 Å². The fourth-order valence-corrected chi connectivity index (χ4v) is 4.14. The number of benzene rings is 3. The minimum atomic E-state index is -5.34. The lowest BCUT2D eigenvalue weighted by Gasteiger charge is -2.32. The first-order valence-corrected chi connectivity index (χ1v) is 10.5. The van der Waals surface area contributed by atoms with Crippen molar-refractivity contribution < 1.29 is 31.9 Å². The summed E-state index contributed by atoms with van der Waals surface area (Å²) in [6.45, 7) is 0. The van der Waals surface area contributed by atoms with Crippen molar-refractivity contribution in [1.82, 2.24) is 10.2 Å². The standard InChI is InChI=1S/C24H18ClF4N3O3/c1-32-20(33)22(16-7-3-2-4-8-16,31-24(32,30)35-21(34)23(27,28)29)17-9-5-6-14(12-17)15-10-11-19(26)18(25)13-15/h2-13,31H,30H2,1H3. The van der Waals surface area contributed by atoms with E-state index in [1.807, 2.05) is 0 Å². The van der Waals surface area contributed by atoms with E-state index in [0.717, 1.165) is 7.05 Å². The number of rotatable bonds is 4. The van der Waals surface area contributed by atoms with Gasteiger partial charge in [-0.2, -0.15) is 13.2 Å². The molecule has 2 unspecified atom stereocenters. The molecule has 1 amide bonds. The lowest BCUT2D eigenvalue weighted by Crippen LogP contribution is -2.64. The van der Waals surface area contributed by atoms with Crippen LogP contribution >= 0.6 is 11.6 Å². The predicted octanol–water partition coefficient (Wildman–Crippen LogP) is 4.13. The average molecular weight is 508 g/mol. The number of nitrogens with two attached hydrogens (primary N) is 1. The SMILES string of the molecule is CN1C(=O)C(c2ccccc2)(c2cccc(-c3ccc(F)c(Cl)c3)c2)NC1(N)OC(=O)C(F)(F)F. The summed E-state index contributed by atoms with van der Waals surface area (Å²) in [7, 11) is 1.12. The van der Waals surface area contributed by atoms with Crippen LogP contribution in [0.1, 0.15) is 11.1 Å². The minimum absolute atomic E-state index is 0.111. The zero-order valence-electron chi connectivity index (χ0n) is 18.1. The van der Waals surface area contributed by atoms with Crippen LogP contribution in [0.4, 0.5) is 17.6 Å². The lowest BCUT2D eigenvalue weighted by molar-refractivity contribution is -0.228. The quantitative estimate of drug-likeness (QED) is 0.315. The molecule has 1 heterocycles. The first kappa shape index (κ1) is 24.6. The summed E-state index contributed by atoms with van der Waals surface area (Å²) in [4.78, 5) is 26.0. The second-order valence-corrected chi connectivity index (χ2v) is 8.31. The fraction of sp³-hybridized carbons (Fsp3) is 0.167. The maximum atomic E-state index is 13.7. The predicted molar refractivity (Wildman–Crippen MR) is 119 cm³/mol. The van der Waals surface area contributed by atoms with Gasteiger partial charge in [-0.15, -0.1) is 0 Å². The highest BCUT2D eigenvalue weighted by Gasteiger charge is 2.62. The largest absolute Gasteiger partial charge is 0.491 e. The molecule has 1 fully saturated rings. The van der Waals surface area contributed by atoms with E-state index in [1.165, 1.54) is 18.2 Å². The molecule has 35 heavy (non-hydrogen) atoms. The van der Waals surface area contributed by atoms with E-state index >= 15 is 0 Å². The maximum absolute atomic E-state index is 13.7. The third kappa shape index (κ3) is 4.24. The van der Waals surface area contributed by atoms with Crippen molar-refractivity contribution >= 4 is 23.5 Å². The van der Waals surface area contributed by atoms with Gasteiger partial charge in [-0.05, 0) is 40.5 Å². The number of hydrogen-bond acceptors (Lipinski definition) is 5. The zero-order chi connectivity index (χ0) is 25.6. The van der Waals surface area contributed by atoms with Crippen LogP contribution < -0.4 is 11.1 Å². The Balaban J connectivity index is 1.87. The number of nitrogens with zero attached hydrogens (tertiary/aromatic N) is 1. The summed E-state index contributed by atoms with van der Waals surface area (Å²) in [6, 6.07) is 18.7. The molecule has 6 nitrogen and oxygen atoms in total. The highest BCUT2D eigenvalue weighted by atomic mass is 35.5. The van der Waals surface area contributed by atoms with Crippen molar-refractivity contribution in [1.29, 1.82) is 0 Å². The van der Waals surface area contributed by atoms with E-state index < -0.39 is 35.4 Å². The van der Waals surface area contributed by atoms with E-state index in [4.69, 9.17) is 17.3 Å². The molecule has 11 heteroatoms. The van der Waals surface area contributed by atoms with Crippen LogP contribution in [0, 0.1) is 5.82 Å². The van der Waals surface area contributed by atoms with Crippen LogP contribution in [-0.2, 0) is 19.9 Å². The summed E-state index contributed by atoms with van der Waals surface area (Å²) in [5.41, 5.74) is 5.89. The van der Waals surface area contributed by atoms with Crippen LogP contribution in [0.3, 0.4) is 0 Å². The molecule has 2 atom stereocenters. The van der Waals surface area contributed by atoms with Crippen molar-refractivity contribution in [3.63, 3.8) is 0 Å². The average Bonchev–Trinajstić information content (AvgIpc) is 3.02. The molecule has 0 spiro atoms. The number of likely N-dealkylation sites (N-methyl/N-ethyl adjacent to an activating group) is 1. The third-order valence-electron chi connectivity index (χ3n) is 5.73. The van der Waals surface area contributed by atoms with E-state index in [2.05, 4.69) is 10.1 Å². The molecule has 0 aromatic heterocycles. The van der Waals surface area contributed by atoms with Crippen LogP contribution in [0.15, 0.2) is 72.8 Å². The second-order valence-electron chi connectivity index (χ2n) is 7.90. The number of hydrogen-bond donors (Lipinski definition) is 2. The van der Waals surface area contributed by atoms with Gasteiger partial charge in [0.15, 0.2) is 5.54 Å². The molecule has 0 bridgehead atoms. The highest BCUT2D eigenvalue weighted by Crippen LogP contribution is 2.41. The molecule has 0 aliphatic carbocycles. The Morgan fingerprint density at radius 3 is 2.26 bits per heavy atom. The van der Waals surface area contributed by atoms with E-state index in [9.17, 15) is 27.2 Å². The second kappa shape index (κ2) is 8.63. The van der Waals surface area contributed by atoms with Crippen LogP contribution in [-0.4, -0.2) is 36.0 Å². The molecule has 0 saturated carbocycles. The lowest BCUT2D eigenvalue weighted by atomic mass is 9.81. The summed E-state index contributed by atoms with van der Waals surface area (Å²) in [5.74, 6) is -6.56. The van der Waals surface area contributed by atoms with E-state index in [1.54, 1.807) is 54.6 Å². The molecule has 4 rings (SSSR count). The number of esters is 1. The number of alkyl halides is 3. The Morgan fingerprint density at radius 2 is 1.63 bits per heavy atom. The number of carbonyl (C=O) groups excluding carboxylic acids is 2. The van der Waals surface area contributed by atoms with Gasteiger partial charge in [0.25, 0.3) is 5.91 Å². The molecule has 1 saturated heterocycles. The molecular formula is C24H18ClF4N3O3. The Kier molecular flexibility index (Phi) is 6.08. The molecule has 0 radical (unpaired) electrons. The van der Waals surface area contributed by atoms with Crippen molar-refractivity contribution in [2.24, 2.45) is 5.73 Å². The zero-order valence-corrected chi connectivity index (χ0v) is 18.8. The van der Waals surface area contributed by atoms with E-state index in [0.29, 0.717) is 21.6 Å². The van der Waals surface area contributed by atoms with Gasteiger partial charge in [-0.1, -0.05) is 66.2 Å². The third-order valence-corrected chi connectivity index (χ3v) is 6.02. The molecule has 3 aromatic carbocycles. The van der Waals surface area contributed by atoms with Gasteiger partial charge in [0, 0.05) is 7.05 Å². The normalized spacial score (nSPS) is 22.4. The Morgan fingerprint density at radius 1 is 1.00 bits per heavy atom. The Labute approximate surface area is 202 Å². The van der Waals surface area contributed by atoms with Crippen LogP contribution in [0.5, 0.6) is 0 Å². The molecule has 182 valence electrons. The fourth-order valence-electron chi connectivity index (χ4n) is 3.96. The molecule has 3 N–H and O–H groups in total. The summed E-state index contributed by atoms with van der Waals surface area (Å²) in [6.07, 6.45) is -5.34. The maximum Gasteiger partial charge on any atom is 0.491 e. The highest BCUT2D eigenvalue weighted by molar-refractivity contribution is 6.31. The van der Waals surface area contributed by atoms with Crippen LogP contribution in [0.25, 0.3) is 11.1 Å². The Hall–Kier alpha value is -3.47. The first-order valence-electron chi connectivity index (χ1n) is 10.2. The van der Waals surface area contributed by atoms with Gasteiger partial charge in [0.2, 0.25) is 0 Å². The molecular weight excluding hydrogens is 490 g/mol. The number of carbonyl (C=O) groups is 2. The number of ether oxygens (including phenoxy) is 1. The number of nitrogens with one attached hydrogen (secondary N) is 1. The van der Waals surface area contributed by atoms with Gasteiger partial charge in [-0.25, -0.2) is 14.5 Å². The molecule has 3 aromatic rings. The van der Waals surface area contributed by atoms with Crippen molar-refractivity contribution in [2.45, 2.75) is 17.7 Å². The Bertz CT molecular complexity index is 1300. The van der Waals surface area contributed by atoms with Gasteiger partial charge in [-0.3, -0.25) is 15.4 Å². The monoisotopic (exact) mass is 507 g/mol.